The van der Waals surface area contributed by atoms with Crippen molar-refractivity contribution in [2.45, 2.75) is 12.1 Å². The molecule has 0 aromatic heterocycles. The molecule has 3 aromatic carbocycles. The minimum atomic E-state index is -0.880. The van der Waals surface area contributed by atoms with Crippen molar-refractivity contribution in [3.8, 4) is 0 Å². The molecule has 0 bridgehead atoms. The highest BCUT2D eigenvalue weighted by molar-refractivity contribution is 6.36. The second kappa shape index (κ2) is 8.26. The zero-order valence-corrected chi connectivity index (χ0v) is 19.8. The first-order valence-electron chi connectivity index (χ1n) is 11.2. The van der Waals surface area contributed by atoms with Gasteiger partial charge in [0.2, 0.25) is 17.7 Å². The minimum absolute atomic E-state index is 0.303. The van der Waals surface area contributed by atoms with Crippen LogP contribution in [0.4, 0.5) is 11.4 Å². The van der Waals surface area contributed by atoms with Gasteiger partial charge in [0.05, 0.1) is 28.6 Å². The number of para-hydroxylation sites is 1. The van der Waals surface area contributed by atoms with Gasteiger partial charge in [-0.1, -0.05) is 59.6 Å². The van der Waals surface area contributed by atoms with E-state index < -0.39 is 29.8 Å². The number of hydrogen-bond acceptors (Lipinski definition) is 4. The van der Waals surface area contributed by atoms with Crippen LogP contribution in [0.2, 0.25) is 10.0 Å². The highest BCUT2D eigenvalue weighted by Crippen LogP contribution is 2.53. The van der Waals surface area contributed by atoms with Crippen molar-refractivity contribution < 1.29 is 14.4 Å². The van der Waals surface area contributed by atoms with Gasteiger partial charge in [0.25, 0.3) is 0 Å². The first kappa shape index (κ1) is 21.9. The number of rotatable bonds is 3. The van der Waals surface area contributed by atoms with E-state index >= 15 is 0 Å². The van der Waals surface area contributed by atoms with E-state index in [1.165, 1.54) is 0 Å². The van der Waals surface area contributed by atoms with Crippen LogP contribution < -0.4 is 10.2 Å². The monoisotopic (exact) mass is 503 g/mol. The van der Waals surface area contributed by atoms with Crippen molar-refractivity contribution >= 4 is 58.4 Å². The third-order valence-corrected chi connectivity index (χ3v) is 7.51. The standard InChI is InChI=1S/C27H19Cl2N3O3/c28-16-9-11-17(12-10-16)30-25(33)24-22-21(23-18-6-2-1-5-15(18)13-14-31(23)24)26(34)32(27(22)35)20-8-4-3-7-19(20)29/h1-14,21-24H,(H,30,33)/t21-,22+,23-,24-/m0/s1. The van der Waals surface area contributed by atoms with Crippen LogP contribution in [0.5, 0.6) is 0 Å². The van der Waals surface area contributed by atoms with Crippen molar-refractivity contribution in [3.63, 3.8) is 0 Å². The van der Waals surface area contributed by atoms with Crippen LogP contribution in [0.15, 0.2) is 79.0 Å². The predicted molar refractivity (Wildman–Crippen MR) is 135 cm³/mol. The molecule has 35 heavy (non-hydrogen) atoms. The molecule has 0 unspecified atom stereocenters. The molecule has 2 fully saturated rings. The lowest BCUT2D eigenvalue weighted by Crippen LogP contribution is -2.46. The largest absolute Gasteiger partial charge is 0.357 e. The third-order valence-electron chi connectivity index (χ3n) is 6.94. The molecular formula is C27H19Cl2N3O3. The molecule has 6 nitrogen and oxygen atoms in total. The maximum Gasteiger partial charge on any atom is 0.247 e. The molecular weight excluding hydrogens is 485 g/mol. The number of amides is 3. The number of fused-ring (bicyclic) bond motifs is 5. The van der Waals surface area contributed by atoms with Gasteiger partial charge in [-0.05, 0) is 53.6 Å². The average molecular weight is 504 g/mol. The topological polar surface area (TPSA) is 69.7 Å². The smallest absolute Gasteiger partial charge is 0.247 e. The molecule has 4 atom stereocenters. The van der Waals surface area contributed by atoms with E-state index in [1.807, 2.05) is 41.4 Å². The SMILES string of the molecule is O=C(Nc1ccc(Cl)cc1)[C@@H]1[C@@H]2C(=O)N(c3ccccc3Cl)C(=O)[C@@H]2[C@@H]2c3ccccc3C=CN12. The predicted octanol–water partition coefficient (Wildman–Crippen LogP) is 5.15. The van der Waals surface area contributed by atoms with Gasteiger partial charge in [-0.25, -0.2) is 4.90 Å². The number of nitrogens with one attached hydrogen (secondary N) is 1. The molecule has 3 amide bonds. The Balaban J connectivity index is 1.45. The third kappa shape index (κ3) is 3.36. The van der Waals surface area contributed by atoms with Crippen molar-refractivity contribution in [3.05, 3.63) is 100 Å². The fraction of sp³-hybridized carbons (Fsp3) is 0.148. The molecule has 174 valence electrons. The summed E-state index contributed by atoms with van der Waals surface area (Å²) in [5.41, 5.74) is 2.76. The Kier molecular flexibility index (Phi) is 5.16. The lowest BCUT2D eigenvalue weighted by Gasteiger charge is -2.35. The fourth-order valence-corrected chi connectivity index (χ4v) is 5.82. The summed E-state index contributed by atoms with van der Waals surface area (Å²) in [5, 5.41) is 3.75. The average Bonchev–Trinajstić information content (AvgIpc) is 3.34. The summed E-state index contributed by atoms with van der Waals surface area (Å²) in [6.45, 7) is 0. The molecule has 3 aliphatic heterocycles. The molecule has 6 rings (SSSR count). The van der Waals surface area contributed by atoms with Gasteiger partial charge in [0.15, 0.2) is 0 Å². The highest BCUT2D eigenvalue weighted by atomic mass is 35.5. The number of imide groups is 1. The summed E-state index contributed by atoms with van der Waals surface area (Å²) in [6.07, 6.45) is 3.73. The molecule has 0 radical (unpaired) electrons. The molecule has 3 aliphatic rings. The van der Waals surface area contributed by atoms with Crippen LogP contribution in [-0.2, 0) is 14.4 Å². The number of anilines is 2. The summed E-state index contributed by atoms with van der Waals surface area (Å²) in [7, 11) is 0. The molecule has 1 N–H and O–H groups in total. The van der Waals surface area contributed by atoms with Crippen molar-refractivity contribution in [1.29, 1.82) is 0 Å². The lowest BCUT2D eigenvalue weighted by molar-refractivity contribution is -0.128. The van der Waals surface area contributed by atoms with Gasteiger partial charge >= 0.3 is 0 Å². The van der Waals surface area contributed by atoms with Gasteiger partial charge < -0.3 is 10.2 Å². The first-order valence-corrected chi connectivity index (χ1v) is 11.9. The van der Waals surface area contributed by atoms with Crippen molar-refractivity contribution in [1.82, 2.24) is 4.90 Å². The molecule has 0 aliphatic carbocycles. The molecule has 0 spiro atoms. The molecule has 3 aromatic rings. The number of benzene rings is 3. The minimum Gasteiger partial charge on any atom is -0.357 e. The second-order valence-corrected chi connectivity index (χ2v) is 9.64. The van der Waals surface area contributed by atoms with E-state index in [9.17, 15) is 14.4 Å². The Hall–Kier alpha value is -3.61. The highest BCUT2D eigenvalue weighted by Gasteiger charge is 2.64. The van der Waals surface area contributed by atoms with Gasteiger partial charge in [0, 0.05) is 16.9 Å². The number of carbonyl (C=O) groups excluding carboxylic acids is 3. The number of nitrogens with zero attached hydrogens (tertiary/aromatic N) is 2. The number of carbonyl (C=O) groups is 3. The van der Waals surface area contributed by atoms with Crippen molar-refractivity contribution in [2.24, 2.45) is 11.8 Å². The second-order valence-electron chi connectivity index (χ2n) is 8.79. The quantitative estimate of drug-likeness (QED) is 0.502. The van der Waals surface area contributed by atoms with E-state index in [-0.39, 0.29) is 11.8 Å². The first-order chi connectivity index (χ1) is 17.0. The Morgan fingerprint density at radius 1 is 0.829 bits per heavy atom. The summed E-state index contributed by atoms with van der Waals surface area (Å²) >= 11 is 12.4. The van der Waals surface area contributed by atoms with Crippen molar-refractivity contribution in [2.75, 3.05) is 10.2 Å². The van der Waals surface area contributed by atoms with Gasteiger partial charge in [-0.15, -0.1) is 0 Å². The van der Waals surface area contributed by atoms with E-state index in [4.69, 9.17) is 23.2 Å². The van der Waals surface area contributed by atoms with Crippen LogP contribution in [-0.4, -0.2) is 28.7 Å². The van der Waals surface area contributed by atoms with Gasteiger partial charge in [0.1, 0.15) is 6.04 Å². The van der Waals surface area contributed by atoms with E-state index in [0.29, 0.717) is 21.4 Å². The summed E-state index contributed by atoms with van der Waals surface area (Å²) < 4.78 is 0. The summed E-state index contributed by atoms with van der Waals surface area (Å²) in [4.78, 5) is 44.3. The zero-order valence-electron chi connectivity index (χ0n) is 18.3. The summed E-state index contributed by atoms with van der Waals surface area (Å²) in [5.74, 6) is -2.74. The maximum atomic E-state index is 13.8. The van der Waals surface area contributed by atoms with Gasteiger partial charge in [-0.2, -0.15) is 0 Å². The van der Waals surface area contributed by atoms with Gasteiger partial charge in [-0.3, -0.25) is 14.4 Å². The maximum absolute atomic E-state index is 13.8. The number of halogens is 2. The lowest BCUT2D eigenvalue weighted by atomic mass is 9.84. The molecule has 2 saturated heterocycles. The van der Waals surface area contributed by atoms with Crippen LogP contribution in [0.25, 0.3) is 6.08 Å². The van der Waals surface area contributed by atoms with E-state index in [1.54, 1.807) is 48.5 Å². The summed E-state index contributed by atoms with van der Waals surface area (Å²) in [6, 6.07) is 19.9. The van der Waals surface area contributed by atoms with E-state index in [2.05, 4.69) is 5.32 Å². The van der Waals surface area contributed by atoms with Crippen LogP contribution >= 0.6 is 23.2 Å². The van der Waals surface area contributed by atoms with Crippen LogP contribution in [0.3, 0.4) is 0 Å². The van der Waals surface area contributed by atoms with Crippen LogP contribution in [0.1, 0.15) is 17.2 Å². The molecule has 8 heteroatoms. The van der Waals surface area contributed by atoms with E-state index in [0.717, 1.165) is 16.0 Å². The Morgan fingerprint density at radius 3 is 2.29 bits per heavy atom. The molecule has 0 saturated carbocycles. The Labute approximate surface area is 211 Å². The Bertz CT molecular complexity index is 1400. The molecule has 3 heterocycles. The zero-order chi connectivity index (χ0) is 24.3. The Morgan fingerprint density at radius 2 is 1.51 bits per heavy atom. The van der Waals surface area contributed by atoms with Crippen LogP contribution in [0, 0.1) is 11.8 Å². The number of hydrogen-bond donors (Lipinski definition) is 1. The fourth-order valence-electron chi connectivity index (χ4n) is 5.48. The normalized spacial score (nSPS) is 24.3.